The van der Waals surface area contributed by atoms with Gasteiger partial charge in [0.15, 0.2) is 0 Å². The molecule has 0 unspecified atom stereocenters. The van der Waals surface area contributed by atoms with Crippen LogP contribution in [0.1, 0.15) is 43.4 Å². The van der Waals surface area contributed by atoms with Crippen LogP contribution in [0, 0.1) is 0 Å². The average Bonchev–Trinajstić information content (AvgIpc) is 2.71. The van der Waals surface area contributed by atoms with Crippen LogP contribution in [0.15, 0.2) is 15.9 Å². The number of hydrogen-bond donors (Lipinski definition) is 1. The van der Waals surface area contributed by atoms with Gasteiger partial charge in [-0.15, -0.1) is 11.3 Å². The zero-order chi connectivity index (χ0) is 13.1. The van der Waals surface area contributed by atoms with Crippen LogP contribution in [-0.4, -0.2) is 30.1 Å². The number of nitrogens with zero attached hydrogens (tertiary/aromatic N) is 1. The lowest BCUT2D eigenvalue weighted by Gasteiger charge is -2.40. The van der Waals surface area contributed by atoms with Gasteiger partial charge in [0.05, 0.1) is 0 Å². The first-order chi connectivity index (χ1) is 9.26. The Hall–Kier alpha value is 0.1000. The van der Waals surface area contributed by atoms with E-state index in [0.29, 0.717) is 5.54 Å². The molecule has 1 aromatic heterocycles. The molecule has 0 aromatic carbocycles. The first-order valence-electron chi connectivity index (χ1n) is 7.46. The zero-order valence-electron chi connectivity index (χ0n) is 11.5. The molecule has 1 aromatic rings. The van der Waals surface area contributed by atoms with Crippen molar-refractivity contribution in [2.45, 2.75) is 50.6 Å². The number of hydrogen-bond acceptors (Lipinski definition) is 3. The predicted molar refractivity (Wildman–Crippen MR) is 85.7 cm³/mol. The monoisotopic (exact) mass is 342 g/mol. The lowest BCUT2D eigenvalue weighted by Crippen LogP contribution is -2.52. The Morgan fingerprint density at radius 3 is 2.84 bits per heavy atom. The first-order valence-corrected chi connectivity index (χ1v) is 9.13. The van der Waals surface area contributed by atoms with E-state index in [-0.39, 0.29) is 0 Å². The van der Waals surface area contributed by atoms with Crippen molar-refractivity contribution in [3.8, 4) is 0 Å². The maximum atomic E-state index is 3.87. The molecule has 1 aliphatic carbocycles. The topological polar surface area (TPSA) is 15.3 Å². The molecule has 0 atom stereocenters. The third kappa shape index (κ3) is 3.60. The van der Waals surface area contributed by atoms with E-state index in [1.165, 1.54) is 67.5 Å². The van der Waals surface area contributed by atoms with Gasteiger partial charge in [-0.05, 0) is 54.3 Å². The molecule has 1 aliphatic heterocycles. The SMILES string of the molecule is Brc1csc(CN2CCCNC3(CCCCC3)C2)c1. The van der Waals surface area contributed by atoms with Gasteiger partial charge in [0.2, 0.25) is 0 Å². The van der Waals surface area contributed by atoms with Crippen molar-refractivity contribution >= 4 is 27.3 Å². The van der Waals surface area contributed by atoms with Gasteiger partial charge in [-0.2, -0.15) is 0 Å². The van der Waals surface area contributed by atoms with Crippen molar-refractivity contribution in [3.05, 3.63) is 20.8 Å². The van der Waals surface area contributed by atoms with Crippen LogP contribution in [0.5, 0.6) is 0 Å². The van der Waals surface area contributed by atoms with E-state index in [1.807, 2.05) is 11.3 Å². The molecular formula is C15H23BrN2S. The summed E-state index contributed by atoms with van der Waals surface area (Å²) in [5.74, 6) is 0. The van der Waals surface area contributed by atoms with Crippen molar-refractivity contribution in [2.75, 3.05) is 19.6 Å². The summed E-state index contributed by atoms with van der Waals surface area (Å²) in [4.78, 5) is 4.16. The number of rotatable bonds is 2. The molecule has 0 amide bonds. The van der Waals surface area contributed by atoms with Crippen LogP contribution in [0.4, 0.5) is 0 Å². The normalized spacial score (nSPS) is 24.5. The molecule has 1 saturated heterocycles. The standard InChI is InChI=1S/C15H23BrN2S/c16-13-9-14(19-11-13)10-18-8-4-7-17-15(12-18)5-2-1-3-6-15/h9,11,17H,1-8,10,12H2. The highest BCUT2D eigenvalue weighted by atomic mass is 79.9. The molecule has 1 N–H and O–H groups in total. The van der Waals surface area contributed by atoms with Gasteiger partial charge in [-0.1, -0.05) is 19.3 Å². The molecule has 0 bridgehead atoms. The molecule has 19 heavy (non-hydrogen) atoms. The van der Waals surface area contributed by atoms with E-state index < -0.39 is 0 Å². The highest BCUT2D eigenvalue weighted by molar-refractivity contribution is 9.10. The minimum Gasteiger partial charge on any atom is -0.310 e. The van der Waals surface area contributed by atoms with Crippen molar-refractivity contribution in [2.24, 2.45) is 0 Å². The number of halogens is 1. The summed E-state index contributed by atoms with van der Waals surface area (Å²) < 4.78 is 1.23. The molecule has 4 heteroatoms. The Bertz CT molecular complexity index is 412. The quantitative estimate of drug-likeness (QED) is 0.873. The Balaban J connectivity index is 1.67. The van der Waals surface area contributed by atoms with Crippen molar-refractivity contribution in [1.82, 2.24) is 10.2 Å². The van der Waals surface area contributed by atoms with Gasteiger partial charge in [0.1, 0.15) is 0 Å². The Morgan fingerprint density at radius 2 is 2.11 bits per heavy atom. The summed E-state index contributed by atoms with van der Waals surface area (Å²) in [6.07, 6.45) is 8.28. The molecule has 3 rings (SSSR count). The minimum absolute atomic E-state index is 0.420. The summed E-state index contributed by atoms with van der Waals surface area (Å²) in [6.45, 7) is 4.80. The molecule has 2 nitrogen and oxygen atoms in total. The first kappa shape index (κ1) is 14.1. The van der Waals surface area contributed by atoms with Gasteiger partial charge < -0.3 is 5.32 Å². The summed E-state index contributed by atoms with van der Waals surface area (Å²) in [5.41, 5.74) is 0.420. The van der Waals surface area contributed by atoms with E-state index in [9.17, 15) is 0 Å². The smallest absolute Gasteiger partial charge is 0.0329 e. The Kier molecular flexibility index (Phi) is 4.62. The summed E-state index contributed by atoms with van der Waals surface area (Å²) in [6, 6.07) is 2.27. The predicted octanol–water partition coefficient (Wildman–Crippen LogP) is 4.01. The highest BCUT2D eigenvalue weighted by Gasteiger charge is 2.34. The van der Waals surface area contributed by atoms with Crippen LogP contribution >= 0.6 is 27.3 Å². The Labute approximate surface area is 128 Å². The van der Waals surface area contributed by atoms with Gasteiger partial charge >= 0.3 is 0 Å². The van der Waals surface area contributed by atoms with Crippen LogP contribution in [0.25, 0.3) is 0 Å². The summed E-state index contributed by atoms with van der Waals surface area (Å²) in [7, 11) is 0. The van der Waals surface area contributed by atoms with Crippen molar-refractivity contribution in [3.63, 3.8) is 0 Å². The van der Waals surface area contributed by atoms with Crippen LogP contribution < -0.4 is 5.32 Å². The van der Waals surface area contributed by atoms with Gasteiger partial charge in [-0.25, -0.2) is 0 Å². The molecule has 2 heterocycles. The van der Waals surface area contributed by atoms with Crippen LogP contribution in [-0.2, 0) is 6.54 Å². The molecule has 2 fully saturated rings. The lowest BCUT2D eigenvalue weighted by molar-refractivity contribution is 0.160. The average molecular weight is 343 g/mol. The van der Waals surface area contributed by atoms with Crippen molar-refractivity contribution in [1.29, 1.82) is 0 Å². The highest BCUT2D eigenvalue weighted by Crippen LogP contribution is 2.31. The molecule has 2 aliphatic rings. The zero-order valence-corrected chi connectivity index (χ0v) is 13.9. The van der Waals surface area contributed by atoms with E-state index in [1.54, 1.807) is 0 Å². The van der Waals surface area contributed by atoms with Gasteiger partial charge in [0, 0.05) is 33.4 Å². The second kappa shape index (κ2) is 6.25. The fourth-order valence-corrected chi connectivity index (χ4v) is 5.07. The molecular weight excluding hydrogens is 320 g/mol. The fraction of sp³-hybridized carbons (Fsp3) is 0.733. The van der Waals surface area contributed by atoms with Crippen LogP contribution in [0.2, 0.25) is 0 Å². The largest absolute Gasteiger partial charge is 0.310 e. The lowest BCUT2D eigenvalue weighted by atomic mass is 9.81. The minimum atomic E-state index is 0.420. The third-order valence-electron chi connectivity index (χ3n) is 4.49. The van der Waals surface area contributed by atoms with Gasteiger partial charge in [-0.3, -0.25) is 4.90 Å². The van der Waals surface area contributed by atoms with Crippen molar-refractivity contribution < 1.29 is 0 Å². The summed E-state index contributed by atoms with van der Waals surface area (Å²) in [5, 5.41) is 6.07. The molecule has 1 saturated carbocycles. The van der Waals surface area contributed by atoms with E-state index in [4.69, 9.17) is 0 Å². The Morgan fingerprint density at radius 1 is 1.26 bits per heavy atom. The number of thiophene rings is 1. The second-order valence-electron chi connectivity index (χ2n) is 6.06. The van der Waals surface area contributed by atoms with E-state index in [0.717, 1.165) is 6.54 Å². The maximum Gasteiger partial charge on any atom is 0.0329 e. The summed E-state index contributed by atoms with van der Waals surface area (Å²) >= 11 is 5.44. The maximum absolute atomic E-state index is 3.87. The number of nitrogens with one attached hydrogen (secondary N) is 1. The molecule has 0 radical (unpaired) electrons. The van der Waals surface area contributed by atoms with E-state index >= 15 is 0 Å². The molecule has 1 spiro atoms. The van der Waals surface area contributed by atoms with Gasteiger partial charge in [0.25, 0.3) is 0 Å². The molecule has 106 valence electrons. The van der Waals surface area contributed by atoms with E-state index in [2.05, 4.69) is 37.6 Å². The fourth-order valence-electron chi connectivity index (χ4n) is 3.57. The van der Waals surface area contributed by atoms with Crippen LogP contribution in [0.3, 0.4) is 0 Å². The third-order valence-corrected chi connectivity index (χ3v) is 6.17. The second-order valence-corrected chi connectivity index (χ2v) is 7.97.